The number of carboxylic acid groups (broad SMARTS) is 1. The zero-order valence-corrected chi connectivity index (χ0v) is 12.4. The molecule has 118 valence electrons. The van der Waals surface area contributed by atoms with Crippen LogP contribution in [0, 0.1) is 11.8 Å². The standard InChI is InChI=1S/C14H22N2O5/c1-9-11(12(17)18)5-8-16(9)14(20)15-6-3-10(4-7-15)13(19)21-2/h9-11H,3-8H2,1-2H3,(H,17,18). The molecule has 0 aliphatic carbocycles. The van der Waals surface area contributed by atoms with Gasteiger partial charge in [-0.3, -0.25) is 9.59 Å². The van der Waals surface area contributed by atoms with Crippen molar-refractivity contribution in [2.45, 2.75) is 32.2 Å². The maximum atomic E-state index is 12.5. The number of esters is 1. The number of carbonyl (C=O) groups is 3. The lowest BCUT2D eigenvalue weighted by Gasteiger charge is -2.35. The molecule has 0 aromatic carbocycles. The normalized spacial score (nSPS) is 26.8. The summed E-state index contributed by atoms with van der Waals surface area (Å²) in [6.45, 7) is 3.29. The molecule has 0 radical (unpaired) electrons. The second kappa shape index (κ2) is 6.32. The predicted octanol–water partition coefficient (Wildman–Crippen LogP) is 0.786. The molecule has 2 amide bonds. The zero-order valence-electron chi connectivity index (χ0n) is 12.4. The summed E-state index contributed by atoms with van der Waals surface area (Å²) in [5.41, 5.74) is 0. The Morgan fingerprint density at radius 3 is 2.19 bits per heavy atom. The van der Waals surface area contributed by atoms with Gasteiger partial charge in [-0.25, -0.2) is 4.79 Å². The Labute approximate surface area is 123 Å². The third-order valence-electron chi connectivity index (χ3n) is 4.62. The first-order chi connectivity index (χ1) is 9.95. The SMILES string of the molecule is COC(=O)C1CCN(C(=O)N2CCC(C(=O)O)C2C)CC1. The van der Waals surface area contributed by atoms with Gasteiger partial charge in [-0.1, -0.05) is 0 Å². The van der Waals surface area contributed by atoms with Crippen molar-refractivity contribution in [1.82, 2.24) is 9.80 Å². The lowest BCUT2D eigenvalue weighted by atomic mass is 9.97. The molecular weight excluding hydrogens is 276 g/mol. The maximum absolute atomic E-state index is 12.5. The molecule has 0 aromatic heterocycles. The first kappa shape index (κ1) is 15.6. The number of amides is 2. The molecule has 0 aromatic rings. The van der Waals surface area contributed by atoms with Crippen LogP contribution in [0.3, 0.4) is 0 Å². The Morgan fingerprint density at radius 2 is 1.71 bits per heavy atom. The number of rotatable bonds is 2. The molecule has 7 heteroatoms. The highest BCUT2D eigenvalue weighted by molar-refractivity contribution is 5.79. The summed E-state index contributed by atoms with van der Waals surface area (Å²) < 4.78 is 4.72. The number of urea groups is 1. The van der Waals surface area contributed by atoms with Crippen molar-refractivity contribution >= 4 is 18.0 Å². The second-order valence-electron chi connectivity index (χ2n) is 5.73. The number of hydrogen-bond donors (Lipinski definition) is 1. The Hall–Kier alpha value is -1.79. The zero-order chi connectivity index (χ0) is 15.6. The van der Waals surface area contributed by atoms with E-state index in [2.05, 4.69) is 0 Å². The van der Waals surface area contributed by atoms with E-state index in [1.165, 1.54) is 7.11 Å². The highest BCUT2D eigenvalue weighted by Crippen LogP contribution is 2.27. The van der Waals surface area contributed by atoms with Gasteiger partial charge in [0.2, 0.25) is 0 Å². The molecule has 2 atom stereocenters. The molecule has 1 N–H and O–H groups in total. The molecule has 0 saturated carbocycles. The van der Waals surface area contributed by atoms with Crippen LogP contribution in [-0.2, 0) is 14.3 Å². The summed E-state index contributed by atoms with van der Waals surface area (Å²) in [6, 6.07) is -0.400. The number of methoxy groups -OCH3 is 1. The summed E-state index contributed by atoms with van der Waals surface area (Å²) in [7, 11) is 1.37. The van der Waals surface area contributed by atoms with Gasteiger partial charge in [0.1, 0.15) is 0 Å². The van der Waals surface area contributed by atoms with Crippen LogP contribution in [0.15, 0.2) is 0 Å². The van der Waals surface area contributed by atoms with Crippen LogP contribution in [0.25, 0.3) is 0 Å². The van der Waals surface area contributed by atoms with Gasteiger partial charge in [-0.2, -0.15) is 0 Å². The molecule has 7 nitrogen and oxygen atoms in total. The monoisotopic (exact) mass is 298 g/mol. The fraction of sp³-hybridized carbons (Fsp3) is 0.786. The van der Waals surface area contributed by atoms with Crippen molar-refractivity contribution in [3.63, 3.8) is 0 Å². The van der Waals surface area contributed by atoms with Crippen LogP contribution in [0.5, 0.6) is 0 Å². The first-order valence-electron chi connectivity index (χ1n) is 7.32. The van der Waals surface area contributed by atoms with Gasteiger partial charge < -0.3 is 19.6 Å². The van der Waals surface area contributed by atoms with Gasteiger partial charge in [0, 0.05) is 25.7 Å². The number of hydrogen-bond acceptors (Lipinski definition) is 4. The van der Waals surface area contributed by atoms with E-state index in [0.717, 1.165) is 0 Å². The van der Waals surface area contributed by atoms with Gasteiger partial charge >= 0.3 is 18.0 Å². The van der Waals surface area contributed by atoms with Crippen molar-refractivity contribution in [3.8, 4) is 0 Å². The predicted molar refractivity (Wildman–Crippen MR) is 73.6 cm³/mol. The Kier molecular flexibility index (Phi) is 4.69. The van der Waals surface area contributed by atoms with Crippen LogP contribution in [0.2, 0.25) is 0 Å². The Balaban J connectivity index is 1.91. The lowest BCUT2D eigenvalue weighted by Crippen LogP contribution is -2.49. The molecule has 2 aliphatic heterocycles. The van der Waals surface area contributed by atoms with Crippen molar-refractivity contribution in [2.75, 3.05) is 26.7 Å². The minimum atomic E-state index is -0.845. The van der Waals surface area contributed by atoms with E-state index >= 15 is 0 Å². The van der Waals surface area contributed by atoms with Crippen molar-refractivity contribution < 1.29 is 24.2 Å². The lowest BCUT2D eigenvalue weighted by molar-refractivity contribution is -0.147. The first-order valence-corrected chi connectivity index (χ1v) is 7.32. The van der Waals surface area contributed by atoms with E-state index in [-0.39, 0.29) is 24.0 Å². The Bertz CT molecular complexity index is 431. The highest BCUT2D eigenvalue weighted by atomic mass is 16.5. The van der Waals surface area contributed by atoms with Gasteiger partial charge in [0.15, 0.2) is 0 Å². The largest absolute Gasteiger partial charge is 0.481 e. The quantitative estimate of drug-likeness (QED) is 0.761. The van der Waals surface area contributed by atoms with E-state index in [1.54, 1.807) is 16.7 Å². The minimum absolute atomic E-state index is 0.116. The number of aliphatic carboxylic acids is 1. The summed E-state index contributed by atoms with van der Waals surface area (Å²) in [5.74, 6) is -1.69. The van der Waals surface area contributed by atoms with E-state index < -0.39 is 11.9 Å². The average molecular weight is 298 g/mol. The van der Waals surface area contributed by atoms with Crippen LogP contribution < -0.4 is 0 Å². The second-order valence-corrected chi connectivity index (χ2v) is 5.73. The molecule has 0 bridgehead atoms. The minimum Gasteiger partial charge on any atom is -0.481 e. The summed E-state index contributed by atoms with van der Waals surface area (Å²) in [5, 5.41) is 9.11. The molecule has 2 saturated heterocycles. The van der Waals surface area contributed by atoms with Crippen molar-refractivity contribution in [1.29, 1.82) is 0 Å². The van der Waals surface area contributed by atoms with Gasteiger partial charge in [-0.15, -0.1) is 0 Å². The van der Waals surface area contributed by atoms with E-state index in [1.807, 2.05) is 0 Å². The molecular formula is C14H22N2O5. The maximum Gasteiger partial charge on any atom is 0.320 e. The number of carboxylic acids is 1. The van der Waals surface area contributed by atoms with Gasteiger partial charge in [0.25, 0.3) is 0 Å². The summed E-state index contributed by atoms with van der Waals surface area (Å²) in [6.07, 6.45) is 1.70. The number of carbonyl (C=O) groups excluding carboxylic acids is 2. The molecule has 2 rings (SSSR count). The average Bonchev–Trinajstić information content (AvgIpc) is 2.87. The number of nitrogens with zero attached hydrogens (tertiary/aromatic N) is 2. The molecule has 2 heterocycles. The van der Waals surface area contributed by atoms with Crippen LogP contribution in [0.1, 0.15) is 26.2 Å². The third-order valence-corrected chi connectivity index (χ3v) is 4.62. The van der Waals surface area contributed by atoms with Crippen LogP contribution in [-0.4, -0.2) is 65.7 Å². The molecule has 21 heavy (non-hydrogen) atoms. The molecule has 0 spiro atoms. The van der Waals surface area contributed by atoms with E-state index in [4.69, 9.17) is 9.84 Å². The van der Waals surface area contributed by atoms with E-state index in [0.29, 0.717) is 38.9 Å². The van der Waals surface area contributed by atoms with Gasteiger partial charge in [0.05, 0.1) is 18.9 Å². The summed E-state index contributed by atoms with van der Waals surface area (Å²) in [4.78, 5) is 38.4. The van der Waals surface area contributed by atoms with Crippen molar-refractivity contribution in [3.05, 3.63) is 0 Å². The van der Waals surface area contributed by atoms with Crippen LogP contribution >= 0.6 is 0 Å². The molecule has 2 fully saturated rings. The third kappa shape index (κ3) is 3.11. The fourth-order valence-corrected chi connectivity index (χ4v) is 3.19. The fourth-order valence-electron chi connectivity index (χ4n) is 3.19. The smallest absolute Gasteiger partial charge is 0.320 e. The summed E-state index contributed by atoms with van der Waals surface area (Å²) >= 11 is 0. The number of likely N-dealkylation sites (tertiary alicyclic amines) is 2. The van der Waals surface area contributed by atoms with Gasteiger partial charge in [-0.05, 0) is 26.2 Å². The van der Waals surface area contributed by atoms with Crippen LogP contribution in [0.4, 0.5) is 4.79 Å². The number of piperidine rings is 1. The Morgan fingerprint density at radius 1 is 1.10 bits per heavy atom. The molecule has 2 aliphatic rings. The highest BCUT2D eigenvalue weighted by Gasteiger charge is 2.40. The number of ether oxygens (including phenoxy) is 1. The van der Waals surface area contributed by atoms with Crippen molar-refractivity contribution in [2.24, 2.45) is 11.8 Å². The molecule has 2 unspecified atom stereocenters. The topological polar surface area (TPSA) is 87.2 Å². The van der Waals surface area contributed by atoms with E-state index in [9.17, 15) is 14.4 Å².